The van der Waals surface area contributed by atoms with Gasteiger partial charge in [-0.25, -0.2) is 4.68 Å². The van der Waals surface area contributed by atoms with Crippen molar-refractivity contribution < 1.29 is 14.3 Å². The SMILES string of the molecule is CCOc1cc(CN2CCC[C@@H](n3cc(C(=O)NC4CCCC4)nn3)C2)ccc1OC. The molecule has 31 heavy (non-hydrogen) atoms. The number of ether oxygens (including phenoxy) is 2. The maximum absolute atomic E-state index is 12.5. The summed E-state index contributed by atoms with van der Waals surface area (Å²) in [6, 6.07) is 6.63. The molecule has 1 aromatic carbocycles. The van der Waals surface area contributed by atoms with E-state index in [4.69, 9.17) is 9.47 Å². The Kier molecular flexibility index (Phi) is 7.06. The molecule has 0 radical (unpaired) electrons. The lowest BCUT2D eigenvalue weighted by molar-refractivity contribution is 0.0932. The second-order valence-electron chi connectivity index (χ2n) is 8.49. The lowest BCUT2D eigenvalue weighted by Crippen LogP contribution is -2.36. The standard InChI is InChI=1S/C23H33N5O3/c1-3-31-22-13-17(10-11-21(22)30-2)14-27-12-6-9-19(15-27)28-16-20(25-26-28)23(29)24-18-7-4-5-8-18/h10-11,13,16,18-19H,3-9,12,14-15H2,1-2H3,(H,24,29)/t19-/m1/s1. The minimum Gasteiger partial charge on any atom is -0.493 e. The second kappa shape index (κ2) is 10.1. The average Bonchev–Trinajstić information content (AvgIpc) is 3.47. The molecule has 2 aliphatic rings. The van der Waals surface area contributed by atoms with Crippen molar-refractivity contribution in [2.45, 2.75) is 64.1 Å². The molecule has 8 heteroatoms. The molecular weight excluding hydrogens is 394 g/mol. The van der Waals surface area contributed by atoms with Crippen LogP contribution in [0, 0.1) is 0 Å². The Labute approximate surface area is 183 Å². The smallest absolute Gasteiger partial charge is 0.273 e. The van der Waals surface area contributed by atoms with Crippen LogP contribution in [-0.4, -0.2) is 58.6 Å². The van der Waals surface area contributed by atoms with Gasteiger partial charge >= 0.3 is 0 Å². The highest BCUT2D eigenvalue weighted by Gasteiger charge is 2.25. The van der Waals surface area contributed by atoms with E-state index in [2.05, 4.69) is 32.7 Å². The number of carbonyl (C=O) groups is 1. The average molecular weight is 428 g/mol. The maximum Gasteiger partial charge on any atom is 0.273 e. The van der Waals surface area contributed by atoms with Crippen molar-refractivity contribution in [3.63, 3.8) is 0 Å². The molecule has 1 atom stereocenters. The Balaban J connectivity index is 1.37. The third-order valence-corrected chi connectivity index (χ3v) is 6.22. The first-order chi connectivity index (χ1) is 15.2. The van der Waals surface area contributed by atoms with E-state index in [1.807, 2.05) is 17.7 Å². The van der Waals surface area contributed by atoms with Crippen molar-refractivity contribution in [3.05, 3.63) is 35.7 Å². The zero-order valence-corrected chi connectivity index (χ0v) is 18.5. The molecule has 8 nitrogen and oxygen atoms in total. The van der Waals surface area contributed by atoms with Gasteiger partial charge in [0, 0.05) is 19.1 Å². The Bertz CT molecular complexity index is 878. The second-order valence-corrected chi connectivity index (χ2v) is 8.49. The van der Waals surface area contributed by atoms with Crippen molar-refractivity contribution in [2.75, 3.05) is 26.8 Å². The van der Waals surface area contributed by atoms with Gasteiger partial charge in [-0.3, -0.25) is 9.69 Å². The molecular formula is C23H33N5O3. The third-order valence-electron chi connectivity index (χ3n) is 6.22. The van der Waals surface area contributed by atoms with E-state index >= 15 is 0 Å². The van der Waals surface area contributed by atoms with E-state index in [0.29, 0.717) is 12.3 Å². The summed E-state index contributed by atoms with van der Waals surface area (Å²) in [6.07, 6.45) is 8.44. The number of rotatable bonds is 8. The molecule has 1 saturated heterocycles. The number of piperidine rings is 1. The first-order valence-electron chi connectivity index (χ1n) is 11.4. The number of amides is 1. The van der Waals surface area contributed by atoms with Crippen molar-refractivity contribution in [1.29, 1.82) is 0 Å². The number of aromatic nitrogens is 3. The monoisotopic (exact) mass is 427 g/mol. The minimum atomic E-state index is -0.104. The van der Waals surface area contributed by atoms with Gasteiger partial charge in [-0.1, -0.05) is 24.1 Å². The van der Waals surface area contributed by atoms with E-state index in [-0.39, 0.29) is 18.0 Å². The van der Waals surface area contributed by atoms with Crippen LogP contribution in [0.5, 0.6) is 11.5 Å². The number of carbonyl (C=O) groups excluding carboxylic acids is 1. The molecule has 0 spiro atoms. The molecule has 0 bridgehead atoms. The van der Waals surface area contributed by atoms with Crippen LogP contribution in [0.2, 0.25) is 0 Å². The van der Waals surface area contributed by atoms with Gasteiger partial charge in [0.05, 0.1) is 26.0 Å². The van der Waals surface area contributed by atoms with Gasteiger partial charge in [-0.2, -0.15) is 0 Å². The van der Waals surface area contributed by atoms with Crippen molar-refractivity contribution >= 4 is 5.91 Å². The predicted octanol–water partition coefficient (Wildman–Crippen LogP) is 3.19. The fourth-order valence-corrected chi connectivity index (χ4v) is 4.63. The minimum absolute atomic E-state index is 0.104. The summed E-state index contributed by atoms with van der Waals surface area (Å²) in [5.41, 5.74) is 1.61. The van der Waals surface area contributed by atoms with E-state index in [9.17, 15) is 4.79 Å². The quantitative estimate of drug-likeness (QED) is 0.697. The topological polar surface area (TPSA) is 81.5 Å². The summed E-state index contributed by atoms with van der Waals surface area (Å²) in [6.45, 7) is 5.33. The number of hydrogen-bond donors (Lipinski definition) is 1. The molecule has 1 saturated carbocycles. The van der Waals surface area contributed by atoms with Crippen LogP contribution >= 0.6 is 0 Å². The van der Waals surface area contributed by atoms with Gasteiger partial charge in [0.15, 0.2) is 17.2 Å². The van der Waals surface area contributed by atoms with E-state index in [1.165, 1.54) is 18.4 Å². The fourth-order valence-electron chi connectivity index (χ4n) is 4.63. The molecule has 1 aliphatic heterocycles. The van der Waals surface area contributed by atoms with Crippen molar-refractivity contribution in [3.8, 4) is 11.5 Å². The van der Waals surface area contributed by atoms with Gasteiger partial charge in [-0.15, -0.1) is 5.10 Å². The van der Waals surface area contributed by atoms with Crippen LogP contribution in [0.3, 0.4) is 0 Å². The van der Waals surface area contributed by atoms with E-state index < -0.39 is 0 Å². The number of nitrogens with one attached hydrogen (secondary N) is 1. The highest BCUT2D eigenvalue weighted by molar-refractivity contribution is 5.92. The molecule has 1 aromatic heterocycles. The Hall–Kier alpha value is -2.61. The van der Waals surface area contributed by atoms with Crippen LogP contribution in [0.15, 0.2) is 24.4 Å². The molecule has 1 aliphatic carbocycles. The van der Waals surface area contributed by atoms with Gasteiger partial charge in [-0.05, 0) is 56.8 Å². The van der Waals surface area contributed by atoms with Crippen LogP contribution in [0.25, 0.3) is 0 Å². The van der Waals surface area contributed by atoms with Crippen LogP contribution < -0.4 is 14.8 Å². The molecule has 1 amide bonds. The van der Waals surface area contributed by atoms with Gasteiger partial charge in [0.25, 0.3) is 5.91 Å². The van der Waals surface area contributed by atoms with E-state index in [0.717, 1.165) is 56.8 Å². The largest absolute Gasteiger partial charge is 0.493 e. The number of nitrogens with zero attached hydrogens (tertiary/aromatic N) is 4. The van der Waals surface area contributed by atoms with Crippen LogP contribution in [0.1, 0.15) is 67.5 Å². The molecule has 1 N–H and O–H groups in total. The summed E-state index contributed by atoms with van der Waals surface area (Å²) in [4.78, 5) is 14.9. The van der Waals surface area contributed by atoms with E-state index in [1.54, 1.807) is 13.3 Å². The summed E-state index contributed by atoms with van der Waals surface area (Å²) in [7, 11) is 1.66. The zero-order chi connectivity index (χ0) is 21.6. The lowest BCUT2D eigenvalue weighted by atomic mass is 10.0. The fraction of sp³-hybridized carbons (Fsp3) is 0.609. The first kappa shape index (κ1) is 21.6. The summed E-state index contributed by atoms with van der Waals surface area (Å²) in [5.74, 6) is 1.44. The van der Waals surface area contributed by atoms with Gasteiger partial charge < -0.3 is 14.8 Å². The number of hydrogen-bond acceptors (Lipinski definition) is 6. The molecule has 2 fully saturated rings. The summed E-state index contributed by atoms with van der Waals surface area (Å²) in [5, 5.41) is 11.5. The molecule has 0 unspecified atom stereocenters. The van der Waals surface area contributed by atoms with Crippen molar-refractivity contribution in [2.24, 2.45) is 0 Å². The molecule has 2 heterocycles. The Morgan fingerprint density at radius 3 is 2.81 bits per heavy atom. The molecule has 168 valence electrons. The zero-order valence-electron chi connectivity index (χ0n) is 18.5. The summed E-state index contributed by atoms with van der Waals surface area (Å²) < 4.78 is 13.0. The maximum atomic E-state index is 12.5. The highest BCUT2D eigenvalue weighted by atomic mass is 16.5. The Morgan fingerprint density at radius 2 is 2.03 bits per heavy atom. The molecule has 4 rings (SSSR count). The number of likely N-dealkylation sites (tertiary alicyclic amines) is 1. The van der Waals surface area contributed by atoms with Crippen molar-refractivity contribution in [1.82, 2.24) is 25.2 Å². The van der Waals surface area contributed by atoms with Crippen LogP contribution in [0.4, 0.5) is 0 Å². The van der Waals surface area contributed by atoms with Gasteiger partial charge in [0.1, 0.15) is 0 Å². The Morgan fingerprint density at radius 1 is 1.19 bits per heavy atom. The normalized spacial score (nSPS) is 20.0. The summed E-state index contributed by atoms with van der Waals surface area (Å²) >= 11 is 0. The highest BCUT2D eigenvalue weighted by Crippen LogP contribution is 2.29. The number of benzene rings is 1. The lowest BCUT2D eigenvalue weighted by Gasteiger charge is -2.32. The third kappa shape index (κ3) is 5.36. The number of methoxy groups -OCH3 is 1. The van der Waals surface area contributed by atoms with Gasteiger partial charge in [0.2, 0.25) is 0 Å². The van der Waals surface area contributed by atoms with Crippen LogP contribution in [-0.2, 0) is 6.54 Å². The predicted molar refractivity (Wildman–Crippen MR) is 117 cm³/mol. The molecule has 2 aromatic rings. The first-order valence-corrected chi connectivity index (χ1v) is 11.4.